The van der Waals surface area contributed by atoms with Crippen LogP contribution < -0.4 is 9.64 Å². The normalized spacial score (nSPS) is 15.3. The summed E-state index contributed by atoms with van der Waals surface area (Å²) in [6.45, 7) is 8.63. The number of hydrogen-bond acceptors (Lipinski definition) is 6. The van der Waals surface area contributed by atoms with Crippen LogP contribution in [-0.2, 0) is 12.8 Å². The highest BCUT2D eigenvalue weighted by molar-refractivity contribution is 5.45. The number of methoxy groups -OCH3 is 1. The van der Waals surface area contributed by atoms with Crippen LogP contribution in [0.1, 0.15) is 48.7 Å². The van der Waals surface area contributed by atoms with E-state index in [4.69, 9.17) is 14.7 Å². The van der Waals surface area contributed by atoms with Crippen molar-refractivity contribution in [2.24, 2.45) is 5.41 Å². The summed E-state index contributed by atoms with van der Waals surface area (Å²) in [5.41, 5.74) is 5.27. The molecule has 0 amide bonds. The molecule has 7 nitrogen and oxygen atoms in total. The zero-order chi connectivity index (χ0) is 23.0. The van der Waals surface area contributed by atoms with E-state index in [2.05, 4.69) is 46.9 Å². The molecule has 170 valence electrons. The second-order valence-electron chi connectivity index (χ2n) is 9.69. The lowest BCUT2D eigenvalue weighted by Gasteiger charge is -2.21. The van der Waals surface area contributed by atoms with Gasteiger partial charge in [0, 0.05) is 62.0 Å². The highest BCUT2D eigenvalue weighted by Gasteiger charge is 2.30. The Bertz CT molecular complexity index is 1300. The third kappa shape index (κ3) is 4.82. The van der Waals surface area contributed by atoms with Crippen LogP contribution in [0.5, 0.6) is 5.75 Å². The van der Waals surface area contributed by atoms with Crippen LogP contribution in [0.3, 0.4) is 0 Å². The van der Waals surface area contributed by atoms with E-state index in [-0.39, 0.29) is 0 Å². The van der Waals surface area contributed by atoms with Crippen molar-refractivity contribution in [3.8, 4) is 5.75 Å². The highest BCUT2D eigenvalue weighted by Crippen LogP contribution is 2.32. The minimum Gasteiger partial charge on any atom is -0.497 e. The Hall–Kier alpha value is -3.48. The molecular weight excluding hydrogens is 412 g/mol. The average molecular weight is 443 g/mol. The van der Waals surface area contributed by atoms with Gasteiger partial charge in [-0.1, -0.05) is 13.8 Å². The smallest absolute Gasteiger partial charge is 0.136 e. The van der Waals surface area contributed by atoms with Crippen LogP contribution in [0.2, 0.25) is 0 Å². The van der Waals surface area contributed by atoms with Gasteiger partial charge in [-0.15, -0.1) is 0 Å². The van der Waals surface area contributed by atoms with Gasteiger partial charge in [0.15, 0.2) is 0 Å². The van der Waals surface area contributed by atoms with Crippen LogP contribution in [0.15, 0.2) is 48.9 Å². The van der Waals surface area contributed by atoms with Gasteiger partial charge < -0.3 is 14.0 Å². The van der Waals surface area contributed by atoms with E-state index in [0.29, 0.717) is 11.8 Å². The van der Waals surface area contributed by atoms with E-state index >= 15 is 0 Å². The lowest BCUT2D eigenvalue weighted by Crippen LogP contribution is -2.24. The number of nitrogens with zero attached hydrogens (tertiary/aromatic N) is 6. The van der Waals surface area contributed by atoms with Gasteiger partial charge in [0.25, 0.3) is 0 Å². The Morgan fingerprint density at radius 2 is 1.85 bits per heavy atom. The number of rotatable bonds is 6. The SMILES string of the molecule is COc1cc(C)nc(Cc2nc(Cc3ccn4ccnc4c3)cc(N3CCC(C)(C)C3)n2)c1. The van der Waals surface area contributed by atoms with Crippen LogP contribution in [0, 0.1) is 12.3 Å². The number of anilines is 1. The lowest BCUT2D eigenvalue weighted by molar-refractivity contribution is 0.413. The molecule has 0 aromatic carbocycles. The molecule has 1 aliphatic heterocycles. The van der Waals surface area contributed by atoms with Crippen molar-refractivity contribution in [3.63, 3.8) is 0 Å². The largest absolute Gasteiger partial charge is 0.497 e. The summed E-state index contributed by atoms with van der Waals surface area (Å²) < 4.78 is 7.45. The molecule has 5 rings (SSSR count). The fourth-order valence-corrected chi connectivity index (χ4v) is 4.52. The number of imidazole rings is 1. The number of ether oxygens (including phenoxy) is 1. The summed E-state index contributed by atoms with van der Waals surface area (Å²) in [6, 6.07) is 10.3. The maximum absolute atomic E-state index is 5.44. The van der Waals surface area contributed by atoms with Crippen molar-refractivity contribution in [1.82, 2.24) is 24.3 Å². The van der Waals surface area contributed by atoms with E-state index < -0.39 is 0 Å². The van der Waals surface area contributed by atoms with Crippen molar-refractivity contribution in [2.75, 3.05) is 25.1 Å². The van der Waals surface area contributed by atoms with Gasteiger partial charge in [0.05, 0.1) is 24.9 Å². The fraction of sp³-hybridized carbons (Fsp3) is 0.385. The van der Waals surface area contributed by atoms with Gasteiger partial charge >= 0.3 is 0 Å². The quantitative estimate of drug-likeness (QED) is 0.445. The third-order valence-corrected chi connectivity index (χ3v) is 6.22. The first-order valence-electron chi connectivity index (χ1n) is 11.4. The van der Waals surface area contributed by atoms with Crippen LogP contribution in [-0.4, -0.2) is 44.5 Å². The Morgan fingerprint density at radius 1 is 1.00 bits per heavy atom. The number of pyridine rings is 2. The van der Waals surface area contributed by atoms with Gasteiger partial charge in [-0.05, 0) is 36.5 Å². The first-order chi connectivity index (χ1) is 15.9. The molecule has 0 N–H and O–H groups in total. The van der Waals surface area contributed by atoms with Crippen LogP contribution in [0.4, 0.5) is 5.82 Å². The zero-order valence-corrected chi connectivity index (χ0v) is 19.7. The molecule has 4 aromatic heterocycles. The number of aryl methyl sites for hydroxylation is 1. The number of aromatic nitrogens is 5. The van der Waals surface area contributed by atoms with E-state index in [1.807, 2.05) is 42.0 Å². The molecule has 0 spiro atoms. The summed E-state index contributed by atoms with van der Waals surface area (Å²) in [7, 11) is 1.68. The molecule has 1 fully saturated rings. The standard InChI is InChI=1S/C26H30N6O/c1-18-11-22(33-4)14-21(28-18)15-23-29-20(12-19-5-8-31-10-7-27-24(31)13-19)16-25(30-23)32-9-6-26(2,3)17-32/h5,7-8,10-11,13-14,16H,6,9,12,15,17H2,1-4H3. The summed E-state index contributed by atoms with van der Waals surface area (Å²) in [5.74, 6) is 2.60. The van der Waals surface area contributed by atoms with Crippen LogP contribution in [0.25, 0.3) is 5.65 Å². The fourth-order valence-electron chi connectivity index (χ4n) is 4.52. The van der Waals surface area contributed by atoms with Crippen LogP contribution >= 0.6 is 0 Å². The maximum atomic E-state index is 5.44. The Labute approximate surface area is 194 Å². The van der Waals surface area contributed by atoms with Crippen molar-refractivity contribution in [2.45, 2.75) is 40.0 Å². The summed E-state index contributed by atoms with van der Waals surface area (Å²) in [6.07, 6.45) is 8.28. The predicted octanol–water partition coefficient (Wildman–Crippen LogP) is 4.25. The Balaban J connectivity index is 1.49. The first kappa shape index (κ1) is 21.4. The molecule has 0 atom stereocenters. The molecule has 0 unspecified atom stereocenters. The second kappa shape index (κ2) is 8.46. The number of hydrogen-bond donors (Lipinski definition) is 0. The summed E-state index contributed by atoms with van der Waals surface area (Å²) in [5, 5.41) is 0. The van der Waals surface area contributed by atoms with Gasteiger partial charge in [-0.25, -0.2) is 15.0 Å². The van der Waals surface area contributed by atoms with Gasteiger partial charge in [-0.2, -0.15) is 0 Å². The summed E-state index contributed by atoms with van der Waals surface area (Å²) in [4.78, 5) is 21.4. The molecule has 0 radical (unpaired) electrons. The molecule has 0 aliphatic carbocycles. The molecule has 0 bridgehead atoms. The number of fused-ring (bicyclic) bond motifs is 1. The first-order valence-corrected chi connectivity index (χ1v) is 11.4. The molecule has 7 heteroatoms. The van der Waals surface area contributed by atoms with Crippen molar-refractivity contribution < 1.29 is 4.74 Å². The minimum atomic E-state index is 0.294. The van der Waals surface area contributed by atoms with E-state index in [9.17, 15) is 0 Å². The van der Waals surface area contributed by atoms with Gasteiger partial charge in [0.2, 0.25) is 0 Å². The van der Waals surface area contributed by atoms with Gasteiger partial charge in [0.1, 0.15) is 23.0 Å². The van der Waals surface area contributed by atoms with E-state index in [1.54, 1.807) is 7.11 Å². The molecule has 5 heterocycles. The third-order valence-electron chi connectivity index (χ3n) is 6.22. The van der Waals surface area contributed by atoms with Crippen molar-refractivity contribution in [3.05, 3.63) is 77.4 Å². The second-order valence-corrected chi connectivity index (χ2v) is 9.69. The summed E-state index contributed by atoms with van der Waals surface area (Å²) >= 11 is 0. The molecule has 0 saturated carbocycles. The molecule has 1 saturated heterocycles. The highest BCUT2D eigenvalue weighted by atomic mass is 16.5. The van der Waals surface area contributed by atoms with Crippen molar-refractivity contribution >= 4 is 11.5 Å². The van der Waals surface area contributed by atoms with E-state index in [0.717, 1.165) is 66.1 Å². The Kier molecular flexibility index (Phi) is 5.48. The molecule has 4 aromatic rings. The average Bonchev–Trinajstić information content (AvgIpc) is 3.38. The topological polar surface area (TPSA) is 68.4 Å². The lowest BCUT2D eigenvalue weighted by atomic mass is 9.93. The monoisotopic (exact) mass is 442 g/mol. The molecule has 33 heavy (non-hydrogen) atoms. The van der Waals surface area contributed by atoms with Crippen molar-refractivity contribution in [1.29, 1.82) is 0 Å². The minimum absolute atomic E-state index is 0.294. The van der Waals surface area contributed by atoms with Gasteiger partial charge in [-0.3, -0.25) is 4.98 Å². The zero-order valence-electron chi connectivity index (χ0n) is 19.7. The Morgan fingerprint density at radius 3 is 2.64 bits per heavy atom. The predicted molar refractivity (Wildman–Crippen MR) is 129 cm³/mol. The molecule has 1 aliphatic rings. The molecular formula is C26H30N6O. The van der Waals surface area contributed by atoms with E-state index in [1.165, 1.54) is 5.56 Å². The maximum Gasteiger partial charge on any atom is 0.136 e.